The normalized spacial score (nSPS) is 13.4. The fourth-order valence-electron chi connectivity index (χ4n) is 1.98. The fourth-order valence-corrected chi connectivity index (χ4v) is 1.98. The Balaban J connectivity index is 2.56. The second-order valence-electron chi connectivity index (χ2n) is 3.44. The summed E-state index contributed by atoms with van der Waals surface area (Å²) in [6.07, 6.45) is 8.87. The van der Waals surface area contributed by atoms with Gasteiger partial charge in [-0.3, -0.25) is 0 Å². The fraction of sp³-hybridized carbons (Fsp3) is 0.308. The third-order valence-electron chi connectivity index (χ3n) is 2.76. The Morgan fingerprint density at radius 1 is 0.923 bits per heavy atom. The molecule has 13 heavy (non-hydrogen) atoms. The summed E-state index contributed by atoms with van der Waals surface area (Å²) >= 11 is 0. The van der Waals surface area contributed by atoms with E-state index in [0.717, 1.165) is 12.8 Å². The molecule has 1 aromatic rings. The third-order valence-corrected chi connectivity index (χ3v) is 2.76. The molecule has 0 heteroatoms. The Kier molecular flexibility index (Phi) is 2.22. The van der Waals surface area contributed by atoms with Crippen molar-refractivity contribution in [3.8, 4) is 0 Å². The van der Waals surface area contributed by atoms with Crippen LogP contribution < -0.4 is 0 Å². The topological polar surface area (TPSA) is 0 Å². The lowest BCUT2D eigenvalue weighted by Gasteiger charge is -2.09. The van der Waals surface area contributed by atoms with E-state index in [-0.39, 0.29) is 0 Å². The molecule has 0 nitrogen and oxygen atoms in total. The smallest absolute Gasteiger partial charge is 0.0134 e. The van der Waals surface area contributed by atoms with Gasteiger partial charge in [-0.15, -0.1) is 0 Å². The molecule has 67 valence electrons. The number of aryl methyl sites for hydroxylation is 2. The van der Waals surface area contributed by atoms with Gasteiger partial charge in [0, 0.05) is 6.42 Å². The van der Waals surface area contributed by atoms with E-state index in [1.165, 1.54) is 22.3 Å². The quantitative estimate of drug-likeness (QED) is 0.640. The van der Waals surface area contributed by atoms with E-state index < -0.39 is 0 Å². The van der Waals surface area contributed by atoms with E-state index in [9.17, 15) is 0 Å². The first-order chi connectivity index (χ1) is 6.36. The molecule has 1 radical (unpaired) electrons. The highest BCUT2D eigenvalue weighted by Gasteiger charge is 2.12. The molecule has 1 aliphatic rings. The van der Waals surface area contributed by atoms with Gasteiger partial charge in [0.05, 0.1) is 0 Å². The van der Waals surface area contributed by atoms with Gasteiger partial charge in [-0.2, -0.15) is 0 Å². The molecule has 0 unspecified atom stereocenters. The molecule has 0 amide bonds. The van der Waals surface area contributed by atoms with Crippen LogP contribution in [0, 0.1) is 6.42 Å². The van der Waals surface area contributed by atoms with Crippen molar-refractivity contribution in [1.29, 1.82) is 0 Å². The standard InChI is InChI=1S/C13H15/c1-3-10-8-9-11(4-2)13-7-5-6-12(10)13/h5-9H,3-4H2,1-2H3. The van der Waals surface area contributed by atoms with Crippen LogP contribution in [0.4, 0.5) is 0 Å². The molecular formula is C13H15. The first kappa shape index (κ1) is 8.55. The third kappa shape index (κ3) is 1.31. The lowest BCUT2D eigenvalue weighted by molar-refractivity contribution is 1.08. The van der Waals surface area contributed by atoms with E-state index in [2.05, 4.69) is 44.6 Å². The van der Waals surface area contributed by atoms with Crippen molar-refractivity contribution in [2.24, 2.45) is 0 Å². The van der Waals surface area contributed by atoms with Crippen molar-refractivity contribution in [1.82, 2.24) is 0 Å². The van der Waals surface area contributed by atoms with Crippen molar-refractivity contribution >= 4 is 6.08 Å². The highest BCUT2D eigenvalue weighted by Crippen LogP contribution is 2.28. The SMILES string of the molecule is CCc1ccc(CC)c2c1[CH]C=C2. The zero-order valence-corrected chi connectivity index (χ0v) is 8.30. The molecule has 0 bridgehead atoms. The maximum atomic E-state index is 2.27. The van der Waals surface area contributed by atoms with Crippen LogP contribution in [0.15, 0.2) is 18.2 Å². The van der Waals surface area contributed by atoms with Crippen molar-refractivity contribution in [3.63, 3.8) is 0 Å². The van der Waals surface area contributed by atoms with Gasteiger partial charge in [0.1, 0.15) is 0 Å². The first-order valence-corrected chi connectivity index (χ1v) is 5.03. The molecule has 0 aromatic heterocycles. The lowest BCUT2D eigenvalue weighted by Crippen LogP contribution is -1.94. The Labute approximate surface area is 80.3 Å². The molecular weight excluding hydrogens is 156 g/mol. The average Bonchev–Trinajstić information content (AvgIpc) is 2.64. The van der Waals surface area contributed by atoms with Gasteiger partial charge in [-0.1, -0.05) is 38.1 Å². The maximum absolute atomic E-state index is 2.27. The van der Waals surface area contributed by atoms with E-state index in [0.29, 0.717) is 0 Å². The Hall–Kier alpha value is -1.04. The second kappa shape index (κ2) is 3.37. The van der Waals surface area contributed by atoms with E-state index in [1.807, 2.05) is 0 Å². The lowest BCUT2D eigenvalue weighted by atomic mass is 9.95. The minimum absolute atomic E-state index is 1.13. The van der Waals surface area contributed by atoms with Crippen molar-refractivity contribution < 1.29 is 0 Å². The van der Waals surface area contributed by atoms with Crippen molar-refractivity contribution in [3.05, 3.63) is 46.9 Å². The van der Waals surface area contributed by atoms with Gasteiger partial charge >= 0.3 is 0 Å². The molecule has 0 N–H and O–H groups in total. The van der Waals surface area contributed by atoms with Gasteiger partial charge < -0.3 is 0 Å². The second-order valence-corrected chi connectivity index (χ2v) is 3.44. The molecule has 0 spiro atoms. The molecule has 0 heterocycles. The van der Waals surface area contributed by atoms with Gasteiger partial charge in [0.15, 0.2) is 0 Å². The van der Waals surface area contributed by atoms with E-state index in [4.69, 9.17) is 0 Å². The first-order valence-electron chi connectivity index (χ1n) is 5.03. The summed E-state index contributed by atoms with van der Waals surface area (Å²) < 4.78 is 0. The van der Waals surface area contributed by atoms with E-state index >= 15 is 0 Å². The van der Waals surface area contributed by atoms with Crippen LogP contribution in [-0.4, -0.2) is 0 Å². The zero-order valence-electron chi connectivity index (χ0n) is 8.30. The van der Waals surface area contributed by atoms with Gasteiger partial charge in [-0.25, -0.2) is 0 Å². The summed E-state index contributed by atoms with van der Waals surface area (Å²) in [5, 5.41) is 0. The van der Waals surface area contributed by atoms with Crippen LogP contribution in [-0.2, 0) is 12.8 Å². The van der Waals surface area contributed by atoms with Crippen LogP contribution >= 0.6 is 0 Å². The summed E-state index contributed by atoms with van der Waals surface area (Å²) in [5.41, 5.74) is 5.83. The highest BCUT2D eigenvalue weighted by atomic mass is 14.2. The number of hydrogen-bond acceptors (Lipinski definition) is 0. The minimum Gasteiger partial charge on any atom is -0.0754 e. The molecule has 0 saturated heterocycles. The Bertz CT molecular complexity index is 345. The number of benzene rings is 1. The average molecular weight is 171 g/mol. The summed E-state index contributed by atoms with van der Waals surface area (Å²) in [6.45, 7) is 4.43. The number of allylic oxidation sites excluding steroid dienone is 1. The predicted octanol–water partition coefficient (Wildman–Crippen LogP) is 3.39. The molecule has 1 aliphatic carbocycles. The molecule has 0 saturated carbocycles. The van der Waals surface area contributed by atoms with Gasteiger partial charge in [-0.05, 0) is 35.1 Å². The van der Waals surface area contributed by atoms with Gasteiger partial charge in [0.25, 0.3) is 0 Å². The van der Waals surface area contributed by atoms with Crippen LogP contribution in [0.2, 0.25) is 0 Å². The van der Waals surface area contributed by atoms with E-state index in [1.54, 1.807) is 0 Å². The van der Waals surface area contributed by atoms with Crippen LogP contribution in [0.25, 0.3) is 6.08 Å². The number of fused-ring (bicyclic) bond motifs is 1. The van der Waals surface area contributed by atoms with Crippen molar-refractivity contribution in [2.75, 3.05) is 0 Å². The van der Waals surface area contributed by atoms with Crippen LogP contribution in [0.1, 0.15) is 36.1 Å². The zero-order chi connectivity index (χ0) is 9.26. The molecule has 1 aromatic carbocycles. The number of rotatable bonds is 2. The minimum atomic E-state index is 1.13. The highest BCUT2D eigenvalue weighted by molar-refractivity contribution is 5.69. The maximum Gasteiger partial charge on any atom is 0.0134 e. The summed E-state index contributed by atoms with van der Waals surface area (Å²) in [4.78, 5) is 0. The van der Waals surface area contributed by atoms with Crippen molar-refractivity contribution in [2.45, 2.75) is 26.7 Å². The molecule has 0 fully saturated rings. The Morgan fingerprint density at radius 2 is 1.54 bits per heavy atom. The molecule has 0 aliphatic heterocycles. The summed E-state index contributed by atoms with van der Waals surface area (Å²) in [7, 11) is 0. The van der Waals surface area contributed by atoms with Crippen LogP contribution in [0.5, 0.6) is 0 Å². The predicted molar refractivity (Wildman–Crippen MR) is 57.6 cm³/mol. The van der Waals surface area contributed by atoms with Crippen LogP contribution in [0.3, 0.4) is 0 Å². The van der Waals surface area contributed by atoms with Gasteiger partial charge in [0.2, 0.25) is 0 Å². The monoisotopic (exact) mass is 171 g/mol. The molecule has 2 rings (SSSR count). The summed E-state index contributed by atoms with van der Waals surface area (Å²) in [6, 6.07) is 4.53. The Morgan fingerprint density at radius 3 is 2.15 bits per heavy atom. The number of hydrogen-bond donors (Lipinski definition) is 0. The largest absolute Gasteiger partial charge is 0.0754 e. The summed E-state index contributed by atoms with van der Waals surface area (Å²) in [5.74, 6) is 0. The molecule has 0 atom stereocenters.